The lowest BCUT2D eigenvalue weighted by atomic mass is 10.1. The van der Waals surface area contributed by atoms with Crippen LogP contribution in [0.15, 0.2) is 18.3 Å². The maximum absolute atomic E-state index is 12.6. The van der Waals surface area contributed by atoms with E-state index in [2.05, 4.69) is 4.98 Å². The number of aromatic nitrogens is 1. The first-order chi connectivity index (χ1) is 7.41. The SMILES string of the molecule is O=C(O)[C@@H]1C[C@H]1c1cccnc1C(F)(F)F. The minimum Gasteiger partial charge on any atom is -0.481 e. The van der Waals surface area contributed by atoms with Gasteiger partial charge in [0.2, 0.25) is 0 Å². The molecule has 0 amide bonds. The van der Waals surface area contributed by atoms with Crippen LogP contribution in [0.5, 0.6) is 0 Å². The smallest absolute Gasteiger partial charge is 0.433 e. The molecule has 1 aliphatic carbocycles. The maximum Gasteiger partial charge on any atom is 0.433 e. The summed E-state index contributed by atoms with van der Waals surface area (Å²) in [7, 11) is 0. The summed E-state index contributed by atoms with van der Waals surface area (Å²) in [6.45, 7) is 0. The van der Waals surface area contributed by atoms with Crippen LogP contribution in [-0.2, 0) is 11.0 Å². The van der Waals surface area contributed by atoms with Crippen LogP contribution in [0.1, 0.15) is 23.6 Å². The number of hydrogen-bond donors (Lipinski definition) is 1. The third kappa shape index (κ3) is 1.87. The number of pyridine rings is 1. The Bertz CT molecular complexity index is 430. The fourth-order valence-electron chi connectivity index (χ4n) is 1.77. The summed E-state index contributed by atoms with van der Waals surface area (Å²) in [6, 6.07) is 2.69. The number of halogens is 3. The number of carbonyl (C=O) groups is 1. The van der Waals surface area contributed by atoms with Gasteiger partial charge in [-0.25, -0.2) is 0 Å². The second-order valence-electron chi connectivity index (χ2n) is 3.73. The fraction of sp³-hybridized carbons (Fsp3) is 0.400. The van der Waals surface area contributed by atoms with Crippen molar-refractivity contribution in [2.45, 2.75) is 18.5 Å². The molecule has 0 spiro atoms. The molecule has 1 aromatic rings. The molecular weight excluding hydrogens is 223 g/mol. The standard InChI is InChI=1S/C10H8F3NO2/c11-10(12,13)8-5(2-1-3-14-8)6-4-7(6)9(15)16/h1-3,6-7H,4H2,(H,15,16)/t6-,7+/m0/s1. The highest BCUT2D eigenvalue weighted by Crippen LogP contribution is 2.50. The zero-order valence-corrected chi connectivity index (χ0v) is 8.03. The third-order valence-electron chi connectivity index (χ3n) is 2.61. The van der Waals surface area contributed by atoms with Gasteiger partial charge in [0, 0.05) is 12.1 Å². The Morgan fingerprint density at radius 1 is 1.50 bits per heavy atom. The van der Waals surface area contributed by atoms with E-state index < -0.39 is 29.7 Å². The summed E-state index contributed by atoms with van der Waals surface area (Å²) in [5, 5.41) is 8.68. The van der Waals surface area contributed by atoms with Crippen LogP contribution in [0.3, 0.4) is 0 Å². The van der Waals surface area contributed by atoms with Crippen molar-refractivity contribution in [3.05, 3.63) is 29.6 Å². The van der Waals surface area contributed by atoms with E-state index in [9.17, 15) is 18.0 Å². The lowest BCUT2D eigenvalue weighted by molar-refractivity contribution is -0.142. The molecule has 0 unspecified atom stereocenters. The first-order valence-electron chi connectivity index (χ1n) is 4.66. The van der Waals surface area contributed by atoms with E-state index in [0.717, 1.165) is 6.20 Å². The van der Waals surface area contributed by atoms with E-state index >= 15 is 0 Å². The molecule has 0 aliphatic heterocycles. The molecule has 0 saturated heterocycles. The first kappa shape index (κ1) is 10.9. The Hall–Kier alpha value is -1.59. The lowest BCUT2D eigenvalue weighted by Gasteiger charge is -2.10. The average Bonchev–Trinajstić information content (AvgIpc) is 2.95. The second kappa shape index (κ2) is 3.47. The lowest BCUT2D eigenvalue weighted by Crippen LogP contribution is -2.12. The number of rotatable bonds is 2. The highest BCUT2D eigenvalue weighted by Gasteiger charge is 2.48. The van der Waals surface area contributed by atoms with Crippen LogP contribution < -0.4 is 0 Å². The molecule has 0 bridgehead atoms. The summed E-state index contributed by atoms with van der Waals surface area (Å²) in [5.41, 5.74) is -0.980. The molecule has 0 aromatic carbocycles. The van der Waals surface area contributed by atoms with E-state index in [1.807, 2.05) is 0 Å². The van der Waals surface area contributed by atoms with E-state index in [1.165, 1.54) is 12.1 Å². The highest BCUT2D eigenvalue weighted by molar-refractivity contribution is 5.75. The van der Waals surface area contributed by atoms with Gasteiger partial charge < -0.3 is 5.11 Å². The fourth-order valence-corrected chi connectivity index (χ4v) is 1.77. The van der Waals surface area contributed by atoms with Gasteiger partial charge in [-0.3, -0.25) is 9.78 Å². The van der Waals surface area contributed by atoms with Crippen molar-refractivity contribution in [1.82, 2.24) is 4.98 Å². The average molecular weight is 231 g/mol. The van der Waals surface area contributed by atoms with Crippen LogP contribution in [0.4, 0.5) is 13.2 Å². The monoisotopic (exact) mass is 231 g/mol. The maximum atomic E-state index is 12.6. The van der Waals surface area contributed by atoms with Crippen molar-refractivity contribution in [1.29, 1.82) is 0 Å². The third-order valence-corrected chi connectivity index (χ3v) is 2.61. The Kier molecular flexibility index (Phi) is 2.36. The number of nitrogens with zero attached hydrogens (tertiary/aromatic N) is 1. The van der Waals surface area contributed by atoms with Gasteiger partial charge in [-0.05, 0) is 18.1 Å². The molecule has 1 aliphatic rings. The van der Waals surface area contributed by atoms with Crippen molar-refractivity contribution in [3.63, 3.8) is 0 Å². The number of carboxylic acids is 1. The molecule has 2 rings (SSSR count). The zero-order chi connectivity index (χ0) is 11.9. The van der Waals surface area contributed by atoms with Crippen molar-refractivity contribution in [3.8, 4) is 0 Å². The van der Waals surface area contributed by atoms with Crippen molar-refractivity contribution < 1.29 is 23.1 Å². The Morgan fingerprint density at radius 3 is 2.69 bits per heavy atom. The minimum absolute atomic E-state index is 0.0117. The normalized spacial score (nSPS) is 24.2. The van der Waals surface area contributed by atoms with E-state index in [1.54, 1.807) is 0 Å². The molecule has 3 nitrogen and oxygen atoms in total. The van der Waals surface area contributed by atoms with Crippen LogP contribution >= 0.6 is 0 Å². The Labute approximate surface area is 88.9 Å². The molecule has 1 saturated carbocycles. The number of aliphatic carboxylic acids is 1. The number of hydrogen-bond acceptors (Lipinski definition) is 2. The molecule has 86 valence electrons. The van der Waals surface area contributed by atoms with Crippen molar-refractivity contribution >= 4 is 5.97 Å². The van der Waals surface area contributed by atoms with Crippen LogP contribution in [0.25, 0.3) is 0 Å². The largest absolute Gasteiger partial charge is 0.481 e. The molecule has 1 N–H and O–H groups in total. The number of carboxylic acid groups (broad SMARTS) is 1. The summed E-state index contributed by atoms with van der Waals surface area (Å²) >= 11 is 0. The molecule has 2 atom stereocenters. The molecule has 6 heteroatoms. The zero-order valence-electron chi connectivity index (χ0n) is 8.03. The van der Waals surface area contributed by atoms with Gasteiger partial charge in [0.1, 0.15) is 5.69 Å². The predicted molar refractivity (Wildman–Crippen MR) is 47.7 cm³/mol. The summed E-state index contributed by atoms with van der Waals surface area (Å²) in [5.74, 6) is -2.31. The van der Waals surface area contributed by atoms with Gasteiger partial charge in [-0.15, -0.1) is 0 Å². The summed E-state index contributed by atoms with van der Waals surface area (Å²) in [6.07, 6.45) is -3.21. The Morgan fingerprint density at radius 2 is 2.19 bits per heavy atom. The number of alkyl halides is 3. The van der Waals surface area contributed by atoms with E-state index in [-0.39, 0.29) is 12.0 Å². The van der Waals surface area contributed by atoms with Crippen LogP contribution in [0.2, 0.25) is 0 Å². The van der Waals surface area contributed by atoms with E-state index in [4.69, 9.17) is 5.11 Å². The van der Waals surface area contributed by atoms with Gasteiger partial charge >= 0.3 is 12.1 Å². The molecule has 1 heterocycles. The molecular formula is C10H8F3NO2. The topological polar surface area (TPSA) is 50.2 Å². The van der Waals surface area contributed by atoms with Crippen molar-refractivity contribution in [2.75, 3.05) is 0 Å². The highest BCUT2D eigenvalue weighted by atomic mass is 19.4. The van der Waals surface area contributed by atoms with Gasteiger partial charge in [0.15, 0.2) is 0 Å². The van der Waals surface area contributed by atoms with Gasteiger partial charge in [0.25, 0.3) is 0 Å². The minimum atomic E-state index is -4.53. The Balaban J connectivity index is 2.33. The van der Waals surface area contributed by atoms with Crippen LogP contribution in [-0.4, -0.2) is 16.1 Å². The van der Waals surface area contributed by atoms with Crippen LogP contribution in [0, 0.1) is 5.92 Å². The second-order valence-corrected chi connectivity index (χ2v) is 3.73. The first-order valence-corrected chi connectivity index (χ1v) is 4.66. The molecule has 1 fully saturated rings. The van der Waals surface area contributed by atoms with Gasteiger partial charge in [-0.2, -0.15) is 13.2 Å². The molecule has 16 heavy (non-hydrogen) atoms. The summed E-state index contributed by atoms with van der Waals surface area (Å²) < 4.78 is 37.7. The van der Waals surface area contributed by atoms with Gasteiger partial charge in [-0.1, -0.05) is 6.07 Å². The predicted octanol–water partition coefficient (Wildman–Crippen LogP) is 2.29. The quantitative estimate of drug-likeness (QED) is 0.849. The van der Waals surface area contributed by atoms with Crippen molar-refractivity contribution in [2.24, 2.45) is 5.92 Å². The van der Waals surface area contributed by atoms with Gasteiger partial charge in [0.05, 0.1) is 5.92 Å². The molecule has 0 radical (unpaired) electrons. The molecule has 1 aromatic heterocycles. The summed E-state index contributed by atoms with van der Waals surface area (Å²) in [4.78, 5) is 13.9. The van der Waals surface area contributed by atoms with E-state index in [0.29, 0.717) is 0 Å².